The third-order valence-electron chi connectivity index (χ3n) is 21.7. The van der Waals surface area contributed by atoms with Gasteiger partial charge in [-0.2, -0.15) is 8.42 Å². The lowest BCUT2D eigenvalue weighted by Crippen LogP contribution is -2.38. The van der Waals surface area contributed by atoms with Gasteiger partial charge in [-0.3, -0.25) is 52.1 Å². The Morgan fingerprint density at radius 1 is 0.305 bits per heavy atom. The first-order valence-corrected chi connectivity index (χ1v) is 54.6. The number of fused-ring (bicyclic) bond motifs is 4. The molecule has 0 aromatic heterocycles. The van der Waals surface area contributed by atoms with Crippen LogP contribution in [0.3, 0.4) is 0 Å². The molecule has 0 N–H and O–H groups in total. The summed E-state index contributed by atoms with van der Waals surface area (Å²) >= 11 is 0. The van der Waals surface area contributed by atoms with E-state index in [1.807, 2.05) is 69.2 Å². The molecule has 48 heteroatoms. The second-order valence-corrected chi connectivity index (χ2v) is 41.5. The Morgan fingerprint density at radius 3 is 0.727 bits per heavy atom. The van der Waals surface area contributed by atoms with Crippen LogP contribution in [0.5, 0.6) is 0 Å². The first kappa shape index (κ1) is 124. The van der Waals surface area contributed by atoms with Crippen LogP contribution >= 0.6 is 0 Å². The maximum absolute atomic E-state index is 11.3. The van der Waals surface area contributed by atoms with Gasteiger partial charge in [0.15, 0.2) is 0 Å². The number of hydrogen-bond donors (Lipinski definition) is 0. The predicted molar refractivity (Wildman–Crippen MR) is 453 cm³/mol. The lowest BCUT2D eigenvalue weighted by atomic mass is 9.56. The fourth-order valence-electron chi connectivity index (χ4n) is 18.2. The highest BCUT2D eigenvalue weighted by Crippen LogP contribution is 2.57. The second kappa shape index (κ2) is 62.5. The summed E-state index contributed by atoms with van der Waals surface area (Å²) in [5.41, 5.74) is 0. The summed E-state index contributed by atoms with van der Waals surface area (Å²) in [7, 11) is -30.5. The van der Waals surface area contributed by atoms with E-state index in [4.69, 9.17) is 8.92 Å². The van der Waals surface area contributed by atoms with Crippen molar-refractivity contribution in [1.82, 2.24) is 0 Å². The molecule has 14 bridgehead atoms. The number of carbonyl (C=O) groups excluding carboxylic acids is 10. The van der Waals surface area contributed by atoms with Gasteiger partial charge in [-0.25, -0.2) is 50.5 Å². The van der Waals surface area contributed by atoms with Gasteiger partial charge in [0.2, 0.25) is 20.4 Å². The molecule has 0 radical (unpaired) electrons. The van der Waals surface area contributed by atoms with E-state index in [0.717, 1.165) is 51.9 Å². The molecule has 16 rings (SSSR count). The molecule has 128 heavy (non-hydrogen) atoms. The monoisotopic (exact) mass is 1980 g/mol. The van der Waals surface area contributed by atoms with E-state index in [1.54, 1.807) is 109 Å². The first-order valence-electron chi connectivity index (χ1n) is 43.7. The summed E-state index contributed by atoms with van der Waals surface area (Å²) in [5, 5.41) is -0.133. The van der Waals surface area contributed by atoms with Gasteiger partial charge in [-0.05, 0) is 214 Å². The SMILES string of the molecule is C1C2CC3CC1CC(C2)C3.C1C2CC3CC1CC(C2)C3.C1CC2CCC1C2.CC.CC.CC.CC.CC.CC(=O)OCOC(=O)CS(=O)(=O)[O-].CC(=O)OCOC(=O)CS(=O)(=O)[O-].CCC(=O)OCOC(=O)CS(=O)(=O)[O-].CCOC(=O)CS(=O)(=O)[O-].CCOC(=O)CS(=O)(=O)[O-].CCOC(=O)CS(=O)(=O)[O-].O=C1OC2CC3CC1C2C3.O=S1(=O)OC2CC3CC2C1C3. The van der Waals surface area contributed by atoms with Crippen molar-refractivity contribution in [2.24, 2.45) is 88.8 Å². The maximum Gasteiger partial charge on any atom is 0.322 e. The number of rotatable bonds is 22. The van der Waals surface area contributed by atoms with Crippen molar-refractivity contribution in [1.29, 1.82) is 0 Å². The van der Waals surface area contributed by atoms with Gasteiger partial charge in [0.05, 0.1) is 37.1 Å². The Kier molecular flexibility index (Phi) is 60.6. The number of esters is 10. The molecule has 0 aromatic rings. The van der Waals surface area contributed by atoms with Gasteiger partial charge in [0.25, 0.3) is 10.1 Å². The minimum absolute atomic E-state index is 0.0590. The molecule has 0 aromatic carbocycles. The molecule has 2 saturated heterocycles. The Bertz CT molecular complexity index is 3860. The van der Waals surface area contributed by atoms with Crippen LogP contribution in [0.25, 0.3) is 0 Å². The van der Waals surface area contributed by atoms with Crippen molar-refractivity contribution >= 4 is 131 Å². The van der Waals surface area contributed by atoms with Gasteiger partial charge in [0, 0.05) is 32.1 Å². The molecule has 752 valence electrons. The highest BCUT2D eigenvalue weighted by atomic mass is 32.2. The number of ether oxygens (including phenoxy) is 10. The highest BCUT2D eigenvalue weighted by molar-refractivity contribution is 7.88. The maximum atomic E-state index is 11.3. The molecule has 0 spiro atoms. The largest absolute Gasteiger partial charge is 0.748 e. The second-order valence-electron chi connectivity index (χ2n) is 31.3. The van der Waals surface area contributed by atoms with Crippen molar-refractivity contribution in [2.75, 3.05) is 74.7 Å². The van der Waals surface area contributed by atoms with Crippen molar-refractivity contribution in [3.63, 3.8) is 0 Å². The van der Waals surface area contributed by atoms with Crippen LogP contribution in [0.15, 0.2) is 0 Å². The minimum atomic E-state index is -4.64. The molecule has 16 fully saturated rings. The summed E-state index contributed by atoms with van der Waals surface area (Å²) in [6.07, 6.45) is 34.1. The fourth-order valence-corrected chi connectivity index (χ4v) is 22.4. The van der Waals surface area contributed by atoms with E-state index in [-0.39, 0.29) is 43.6 Å². The standard InChI is InChI=1S/2C10H16.C8H10O2.C7H10O3S.C7H12.C6H10O7S.2C5H8O7S.3C4H8O5S.5C2H6/c2*1-7-2-9-4-8(1)5-10(3-7)6-9;9-8-6-2-4-1-5(6)7(3-4)10-8;8-11(9)7-3-4-1-5(7)6(2-4)10-11;1-2-7-4-3-6(1)5-7;1-2-5(7)12-4-13-6(8)3-14(9,10)11;2*1-4(6)11-3-12-5(7)2-13(8,9)10;3*1-2-9-4(5)3-10(6,7)8;5*1-2/h2*7-10H,1-6H2;4-7H,1-3H2;4-7H,1-3H2;6-7H,1-5H2;2-4H2,1H3,(H,9,10,11);2*2-3H2,1H3,(H,8,9,10);3*2-3H2,1H3,(H,6,7,8);5*1-2H3/p-6. The van der Waals surface area contributed by atoms with Crippen LogP contribution in [0.1, 0.15) is 265 Å². The molecule has 2 aliphatic heterocycles. The van der Waals surface area contributed by atoms with Crippen LogP contribution in [0.2, 0.25) is 0 Å². The number of hydrogen-bond acceptors (Lipinski definition) is 41. The van der Waals surface area contributed by atoms with Crippen LogP contribution in [0.4, 0.5) is 0 Å². The third-order valence-corrected chi connectivity index (χ3v) is 27.0. The van der Waals surface area contributed by atoms with Crippen LogP contribution in [-0.2, 0) is 170 Å². The lowest BCUT2D eigenvalue weighted by Gasteiger charge is -2.49. The smallest absolute Gasteiger partial charge is 0.322 e. The Labute approximate surface area is 757 Å². The van der Waals surface area contributed by atoms with Crippen molar-refractivity contribution < 1.29 is 186 Å². The molecule has 14 aliphatic carbocycles. The topological polar surface area (TPSA) is 650 Å². The van der Waals surface area contributed by atoms with Crippen LogP contribution in [0, 0.1) is 88.8 Å². The average molecular weight is 1980 g/mol. The normalized spacial score (nSPS) is 27.0. The fraction of sp³-hybridized carbons (Fsp3) is 0.875. The summed E-state index contributed by atoms with van der Waals surface area (Å²) in [4.78, 5) is 104. The van der Waals surface area contributed by atoms with E-state index in [2.05, 4.69) is 42.6 Å². The van der Waals surface area contributed by atoms with Gasteiger partial charge < -0.3 is 74.7 Å². The average Bonchev–Trinajstić information content (AvgIpc) is 1.56. The van der Waals surface area contributed by atoms with Gasteiger partial charge in [-0.1, -0.05) is 102 Å². The zero-order valence-corrected chi connectivity index (χ0v) is 82.2. The zero-order chi connectivity index (χ0) is 98.9. The lowest BCUT2D eigenvalue weighted by molar-refractivity contribution is -0.166. The number of carbonyl (C=O) groups is 10. The Morgan fingerprint density at radius 2 is 0.531 bits per heavy atom. The van der Waals surface area contributed by atoms with Crippen molar-refractivity contribution in [3.05, 3.63) is 0 Å². The predicted octanol–water partition coefficient (Wildman–Crippen LogP) is 7.92. The molecule has 16 aliphatic rings. The molecule has 0 amide bonds. The minimum Gasteiger partial charge on any atom is -0.748 e. The molecular formula is C80H138O41S7-6. The first-order chi connectivity index (χ1) is 59.6. The van der Waals surface area contributed by atoms with E-state index in [9.17, 15) is 134 Å². The molecule has 41 nitrogen and oxygen atoms in total. The molecule has 8 unspecified atom stereocenters. The van der Waals surface area contributed by atoms with E-state index in [1.165, 1.54) is 93.3 Å². The third kappa shape index (κ3) is 56.2. The molecule has 2 heterocycles. The summed E-state index contributed by atoms with van der Waals surface area (Å²) in [6.45, 7) is 26.4. The Balaban J connectivity index is 0. The molecule has 8 atom stereocenters. The Hall–Kier alpha value is -5.93. The summed E-state index contributed by atoms with van der Waals surface area (Å²) in [5.74, 6) is -1.17. The molecular weight excluding hydrogens is 1840 g/mol. The van der Waals surface area contributed by atoms with E-state index < -0.39 is 179 Å². The van der Waals surface area contributed by atoms with Crippen LogP contribution in [-0.4, -0.2) is 238 Å². The summed E-state index contributed by atoms with van der Waals surface area (Å²) < 4.78 is 249. The van der Waals surface area contributed by atoms with Crippen LogP contribution < -0.4 is 0 Å². The van der Waals surface area contributed by atoms with Crippen molar-refractivity contribution in [2.45, 2.75) is 282 Å². The van der Waals surface area contributed by atoms with E-state index in [0.29, 0.717) is 29.8 Å². The quantitative estimate of drug-likeness (QED) is 0.0326. The zero-order valence-electron chi connectivity index (χ0n) is 76.4. The summed E-state index contributed by atoms with van der Waals surface area (Å²) in [6, 6.07) is 0. The van der Waals surface area contributed by atoms with Crippen molar-refractivity contribution in [3.8, 4) is 0 Å². The van der Waals surface area contributed by atoms with Gasteiger partial charge >= 0.3 is 59.7 Å². The van der Waals surface area contributed by atoms with E-state index >= 15 is 0 Å². The molecule has 14 saturated carbocycles. The van der Waals surface area contributed by atoms with Gasteiger partial charge in [0.1, 0.15) is 101 Å². The highest BCUT2D eigenvalue weighted by Gasteiger charge is 2.59. The van der Waals surface area contributed by atoms with Gasteiger partial charge in [-0.15, -0.1) is 0 Å².